The predicted octanol–water partition coefficient (Wildman–Crippen LogP) is 3.14. The van der Waals surface area contributed by atoms with Crippen molar-refractivity contribution in [2.24, 2.45) is 5.73 Å². The first-order valence-corrected chi connectivity index (χ1v) is 6.57. The molecule has 0 radical (unpaired) electrons. The van der Waals surface area contributed by atoms with E-state index in [0.717, 1.165) is 10.6 Å². The van der Waals surface area contributed by atoms with Gasteiger partial charge in [0.15, 0.2) is 0 Å². The topological polar surface area (TPSA) is 56.0 Å². The molecule has 0 atom stereocenters. The van der Waals surface area contributed by atoms with Crippen molar-refractivity contribution in [1.82, 2.24) is 4.98 Å². The van der Waals surface area contributed by atoms with Crippen LogP contribution in [-0.2, 0) is 0 Å². The van der Waals surface area contributed by atoms with E-state index < -0.39 is 5.91 Å². The molecule has 3 nitrogen and oxygen atoms in total. The predicted molar refractivity (Wildman–Crippen MR) is 75.0 cm³/mol. The number of nitrogens with two attached hydrogens (primary N) is 1. The second kappa shape index (κ2) is 4.53. The van der Waals surface area contributed by atoms with Crippen LogP contribution in [0.2, 0.25) is 0 Å². The van der Waals surface area contributed by atoms with Crippen molar-refractivity contribution in [3.63, 3.8) is 0 Å². The van der Waals surface area contributed by atoms with Crippen molar-refractivity contribution >= 4 is 17.2 Å². The van der Waals surface area contributed by atoms with Gasteiger partial charge in [-0.05, 0) is 50.5 Å². The second-order valence-electron chi connectivity index (χ2n) is 4.55. The van der Waals surface area contributed by atoms with Gasteiger partial charge in [-0.3, -0.25) is 4.79 Å². The number of thiazole rings is 1. The standard InChI is InChI=1S/C14H16N2OS/c1-7-5-9(3)11(6-8(7)2)14-16-10(4)12(18-14)13(15)17/h5-6H,1-4H3,(H2,15,17). The summed E-state index contributed by atoms with van der Waals surface area (Å²) in [6.07, 6.45) is 0. The fourth-order valence-electron chi connectivity index (χ4n) is 1.93. The summed E-state index contributed by atoms with van der Waals surface area (Å²) in [5.41, 5.74) is 10.8. The first-order valence-electron chi connectivity index (χ1n) is 5.75. The minimum absolute atomic E-state index is 0.405. The molecular formula is C14H16N2OS. The van der Waals surface area contributed by atoms with Crippen LogP contribution < -0.4 is 5.73 Å². The number of amides is 1. The molecule has 1 amide bonds. The highest BCUT2D eigenvalue weighted by Crippen LogP contribution is 2.31. The van der Waals surface area contributed by atoms with E-state index in [1.807, 2.05) is 6.92 Å². The van der Waals surface area contributed by atoms with Gasteiger partial charge >= 0.3 is 0 Å². The van der Waals surface area contributed by atoms with E-state index in [4.69, 9.17) is 5.73 Å². The molecule has 18 heavy (non-hydrogen) atoms. The summed E-state index contributed by atoms with van der Waals surface area (Å²) in [7, 11) is 0. The fraction of sp³-hybridized carbons (Fsp3) is 0.286. The van der Waals surface area contributed by atoms with E-state index in [2.05, 4.69) is 37.9 Å². The molecule has 1 aromatic heterocycles. The van der Waals surface area contributed by atoms with E-state index >= 15 is 0 Å². The van der Waals surface area contributed by atoms with Crippen molar-refractivity contribution < 1.29 is 4.79 Å². The van der Waals surface area contributed by atoms with Gasteiger partial charge in [0.2, 0.25) is 0 Å². The first-order chi connectivity index (χ1) is 8.40. The number of hydrogen-bond donors (Lipinski definition) is 1. The summed E-state index contributed by atoms with van der Waals surface area (Å²) in [6, 6.07) is 4.26. The molecule has 2 N–H and O–H groups in total. The lowest BCUT2D eigenvalue weighted by molar-refractivity contribution is 0.100. The third kappa shape index (κ3) is 2.16. The summed E-state index contributed by atoms with van der Waals surface area (Å²) in [4.78, 5) is 16.3. The highest BCUT2D eigenvalue weighted by molar-refractivity contribution is 7.17. The van der Waals surface area contributed by atoms with Gasteiger partial charge in [0, 0.05) is 5.56 Å². The molecule has 94 valence electrons. The monoisotopic (exact) mass is 260 g/mol. The van der Waals surface area contributed by atoms with Crippen LogP contribution in [0, 0.1) is 27.7 Å². The Balaban J connectivity index is 2.59. The van der Waals surface area contributed by atoms with E-state index in [0.29, 0.717) is 10.6 Å². The molecule has 0 saturated carbocycles. The van der Waals surface area contributed by atoms with Crippen molar-refractivity contribution in [2.75, 3.05) is 0 Å². The van der Waals surface area contributed by atoms with Gasteiger partial charge in [0.05, 0.1) is 5.69 Å². The Morgan fingerprint density at radius 1 is 1.11 bits per heavy atom. The molecule has 0 bridgehead atoms. The van der Waals surface area contributed by atoms with E-state index in [9.17, 15) is 4.79 Å². The zero-order chi connectivity index (χ0) is 13.4. The number of aryl methyl sites for hydroxylation is 4. The van der Waals surface area contributed by atoms with Crippen LogP contribution in [0.3, 0.4) is 0 Å². The Hall–Kier alpha value is -1.68. The van der Waals surface area contributed by atoms with Crippen LogP contribution in [0.1, 0.15) is 32.1 Å². The number of carbonyl (C=O) groups excluding carboxylic acids is 1. The zero-order valence-corrected chi connectivity index (χ0v) is 11.8. The maximum atomic E-state index is 11.3. The summed E-state index contributed by atoms with van der Waals surface area (Å²) >= 11 is 1.36. The Bertz CT molecular complexity index is 629. The van der Waals surface area contributed by atoms with Crippen molar-refractivity contribution in [3.05, 3.63) is 39.4 Å². The van der Waals surface area contributed by atoms with Crippen LogP contribution in [0.15, 0.2) is 12.1 Å². The zero-order valence-electron chi connectivity index (χ0n) is 11.0. The first kappa shape index (κ1) is 12.8. The molecular weight excluding hydrogens is 244 g/mol. The molecule has 0 saturated heterocycles. The molecule has 1 aromatic carbocycles. The Kier molecular flexibility index (Phi) is 3.22. The number of rotatable bonds is 2. The molecule has 0 aliphatic rings. The van der Waals surface area contributed by atoms with Crippen LogP contribution in [0.25, 0.3) is 10.6 Å². The minimum atomic E-state index is -0.405. The van der Waals surface area contributed by atoms with E-state index in [-0.39, 0.29) is 0 Å². The Morgan fingerprint density at radius 2 is 1.72 bits per heavy atom. The maximum absolute atomic E-state index is 11.3. The quantitative estimate of drug-likeness (QED) is 0.901. The second-order valence-corrected chi connectivity index (χ2v) is 5.55. The molecule has 1 heterocycles. The molecule has 2 rings (SSSR count). The van der Waals surface area contributed by atoms with Gasteiger partial charge in [-0.15, -0.1) is 11.3 Å². The van der Waals surface area contributed by atoms with Crippen LogP contribution in [0.5, 0.6) is 0 Å². The van der Waals surface area contributed by atoms with Gasteiger partial charge < -0.3 is 5.73 Å². The molecule has 4 heteroatoms. The highest BCUT2D eigenvalue weighted by atomic mass is 32.1. The lowest BCUT2D eigenvalue weighted by Crippen LogP contribution is -2.09. The minimum Gasteiger partial charge on any atom is -0.365 e. The molecule has 2 aromatic rings. The summed E-state index contributed by atoms with van der Waals surface area (Å²) in [6.45, 7) is 8.04. The Morgan fingerprint density at radius 3 is 2.28 bits per heavy atom. The van der Waals surface area contributed by atoms with Gasteiger partial charge in [0.1, 0.15) is 9.88 Å². The summed E-state index contributed by atoms with van der Waals surface area (Å²) < 4.78 is 0. The number of carbonyl (C=O) groups is 1. The van der Waals surface area contributed by atoms with Crippen molar-refractivity contribution in [1.29, 1.82) is 0 Å². The fourth-order valence-corrected chi connectivity index (χ4v) is 2.93. The third-order valence-corrected chi connectivity index (χ3v) is 4.30. The van der Waals surface area contributed by atoms with Gasteiger partial charge in [-0.2, -0.15) is 0 Å². The van der Waals surface area contributed by atoms with Gasteiger partial charge in [-0.25, -0.2) is 4.98 Å². The normalized spacial score (nSPS) is 10.7. The number of primary amides is 1. The lowest BCUT2D eigenvalue weighted by atomic mass is 10.0. The largest absolute Gasteiger partial charge is 0.365 e. The average Bonchev–Trinajstić information content (AvgIpc) is 2.65. The number of nitrogens with zero attached hydrogens (tertiary/aromatic N) is 1. The van der Waals surface area contributed by atoms with Gasteiger partial charge in [-0.1, -0.05) is 6.07 Å². The maximum Gasteiger partial charge on any atom is 0.260 e. The number of hydrogen-bond acceptors (Lipinski definition) is 3. The SMILES string of the molecule is Cc1cc(C)c(-c2nc(C)c(C(N)=O)s2)cc1C. The highest BCUT2D eigenvalue weighted by Gasteiger charge is 2.15. The average molecular weight is 260 g/mol. The molecule has 0 unspecified atom stereocenters. The Labute approximate surface area is 111 Å². The molecule has 0 fully saturated rings. The summed E-state index contributed by atoms with van der Waals surface area (Å²) in [5.74, 6) is -0.405. The molecule has 0 spiro atoms. The van der Waals surface area contributed by atoms with Crippen molar-refractivity contribution in [2.45, 2.75) is 27.7 Å². The van der Waals surface area contributed by atoms with E-state index in [1.54, 1.807) is 0 Å². The smallest absolute Gasteiger partial charge is 0.260 e. The molecule has 0 aliphatic heterocycles. The van der Waals surface area contributed by atoms with Crippen LogP contribution in [0.4, 0.5) is 0 Å². The van der Waals surface area contributed by atoms with E-state index in [1.165, 1.54) is 28.0 Å². The lowest BCUT2D eigenvalue weighted by Gasteiger charge is -2.07. The van der Waals surface area contributed by atoms with Crippen LogP contribution >= 0.6 is 11.3 Å². The van der Waals surface area contributed by atoms with Crippen LogP contribution in [-0.4, -0.2) is 10.9 Å². The van der Waals surface area contributed by atoms with Crippen molar-refractivity contribution in [3.8, 4) is 10.6 Å². The number of benzene rings is 1. The molecule has 0 aliphatic carbocycles. The van der Waals surface area contributed by atoms with Gasteiger partial charge in [0.25, 0.3) is 5.91 Å². The summed E-state index contributed by atoms with van der Waals surface area (Å²) in [5, 5.41) is 0.863. The third-order valence-electron chi connectivity index (χ3n) is 3.09. The number of aromatic nitrogens is 1.